The van der Waals surface area contributed by atoms with E-state index >= 15 is 8.78 Å². The molecule has 2 atom stereocenters. The largest absolute Gasteiger partial charge is 0.467 e. The average molecular weight is 686 g/mol. The summed E-state index contributed by atoms with van der Waals surface area (Å²) in [6, 6.07) is 6.32. The molecule has 1 fully saturated rings. The zero-order valence-corrected chi connectivity index (χ0v) is 25.2. The SMILES string of the molecule is COC(=O)[C@H](Cc1ccc(-c2c(Cl)cc(F)cc2Cl)c2cccnc12)NC(=O)c1c(F)cc(N2CCOC[C@H]2C(F)(F)F)cc1F. The Balaban J connectivity index is 1.45. The molecule has 1 aliphatic heterocycles. The first kappa shape index (κ1) is 33.3. The monoisotopic (exact) mass is 685 g/mol. The smallest absolute Gasteiger partial charge is 0.411 e. The van der Waals surface area contributed by atoms with Gasteiger partial charge < -0.3 is 19.7 Å². The lowest BCUT2D eigenvalue weighted by atomic mass is 9.95. The number of morpholine rings is 1. The number of halogens is 8. The number of esters is 1. The molecule has 5 rings (SSSR count). The summed E-state index contributed by atoms with van der Waals surface area (Å²) >= 11 is 12.6. The fourth-order valence-corrected chi connectivity index (χ4v) is 5.99. The lowest BCUT2D eigenvalue weighted by molar-refractivity contribution is -0.167. The molecule has 46 heavy (non-hydrogen) atoms. The number of carbonyl (C=O) groups is 2. The topological polar surface area (TPSA) is 80.8 Å². The number of hydrogen-bond acceptors (Lipinski definition) is 6. The Morgan fingerprint density at radius 3 is 2.39 bits per heavy atom. The van der Waals surface area contributed by atoms with E-state index < -0.39 is 65.4 Å². The second kappa shape index (κ2) is 13.3. The number of aromatic nitrogens is 1. The van der Waals surface area contributed by atoms with Gasteiger partial charge in [0.1, 0.15) is 35.1 Å². The van der Waals surface area contributed by atoms with Crippen molar-refractivity contribution < 1.29 is 45.4 Å². The van der Waals surface area contributed by atoms with E-state index in [4.69, 9.17) is 32.7 Å². The van der Waals surface area contributed by atoms with Crippen LogP contribution < -0.4 is 10.2 Å². The third-order valence-electron chi connectivity index (χ3n) is 7.44. The van der Waals surface area contributed by atoms with Gasteiger partial charge in [-0.3, -0.25) is 9.78 Å². The van der Waals surface area contributed by atoms with E-state index in [9.17, 15) is 27.2 Å². The van der Waals surface area contributed by atoms with Crippen LogP contribution in [0, 0.1) is 17.5 Å². The number of fused-ring (bicyclic) bond motifs is 1. The Hall–Kier alpha value is -4.07. The van der Waals surface area contributed by atoms with Gasteiger partial charge in [-0.05, 0) is 41.5 Å². The summed E-state index contributed by atoms with van der Waals surface area (Å²) in [7, 11) is 1.05. The van der Waals surface area contributed by atoms with Gasteiger partial charge in [0, 0.05) is 35.8 Å². The first-order valence-corrected chi connectivity index (χ1v) is 14.4. The highest BCUT2D eigenvalue weighted by Crippen LogP contribution is 2.40. The summed E-state index contributed by atoms with van der Waals surface area (Å²) in [5.74, 6) is -5.81. The average Bonchev–Trinajstić information content (AvgIpc) is 3.00. The molecular formula is C31H23Cl2F6N3O4. The van der Waals surface area contributed by atoms with Crippen LogP contribution in [0.2, 0.25) is 10.0 Å². The Labute approximate surface area is 268 Å². The highest BCUT2D eigenvalue weighted by Gasteiger charge is 2.46. The summed E-state index contributed by atoms with van der Waals surface area (Å²) in [6.07, 6.45) is -3.52. The molecule has 0 bridgehead atoms. The van der Waals surface area contributed by atoms with Crippen molar-refractivity contribution in [3.8, 4) is 11.1 Å². The van der Waals surface area contributed by atoms with Gasteiger partial charge in [0.15, 0.2) is 0 Å². The van der Waals surface area contributed by atoms with Gasteiger partial charge >= 0.3 is 12.1 Å². The maximum absolute atomic E-state index is 15.2. The normalized spacial score (nSPS) is 15.9. The molecule has 0 saturated carbocycles. The van der Waals surface area contributed by atoms with Gasteiger partial charge in [-0.2, -0.15) is 13.2 Å². The maximum atomic E-state index is 15.2. The molecule has 0 unspecified atom stereocenters. The number of nitrogens with zero attached hydrogens (tertiary/aromatic N) is 2. The molecule has 3 aromatic carbocycles. The van der Waals surface area contributed by atoms with Crippen molar-refractivity contribution in [3.05, 3.63) is 93.4 Å². The fourth-order valence-electron chi connectivity index (χ4n) is 5.33. The number of nitrogens with one attached hydrogen (secondary N) is 1. The first-order valence-electron chi connectivity index (χ1n) is 13.6. The molecule has 1 N–H and O–H groups in total. The van der Waals surface area contributed by atoms with Gasteiger partial charge in [-0.15, -0.1) is 0 Å². The molecule has 4 aromatic rings. The van der Waals surface area contributed by atoms with Crippen molar-refractivity contribution in [2.45, 2.75) is 24.7 Å². The van der Waals surface area contributed by atoms with E-state index in [-0.39, 0.29) is 29.6 Å². The highest BCUT2D eigenvalue weighted by atomic mass is 35.5. The number of rotatable bonds is 7. The predicted molar refractivity (Wildman–Crippen MR) is 158 cm³/mol. The number of hydrogen-bond donors (Lipinski definition) is 1. The minimum absolute atomic E-state index is 0.0419. The molecule has 0 radical (unpaired) electrons. The summed E-state index contributed by atoms with van der Waals surface area (Å²) in [6.45, 7) is -1.13. The number of methoxy groups -OCH3 is 1. The fraction of sp³-hybridized carbons (Fsp3) is 0.258. The predicted octanol–water partition coefficient (Wildman–Crippen LogP) is 6.91. The summed E-state index contributed by atoms with van der Waals surface area (Å²) in [5, 5.41) is 2.86. The van der Waals surface area contributed by atoms with Crippen LogP contribution in [0.15, 0.2) is 54.7 Å². The number of pyridine rings is 1. The van der Waals surface area contributed by atoms with Crippen LogP contribution >= 0.6 is 23.2 Å². The van der Waals surface area contributed by atoms with E-state index in [1.54, 1.807) is 24.3 Å². The standard InChI is InChI=1S/C31H23Cl2F6N3O4/c1-45-30(44)24(9-15-4-5-18(19-3-2-6-40-28(15)19)26-20(32)10-16(34)11-21(26)33)41-29(43)27-22(35)12-17(13-23(27)36)42-7-8-46-14-25(42)31(37,38)39/h2-6,10-13,24-25H,7-9,14H2,1H3,(H,41,43)/t24-,25-/m0/s1. The molecular weight excluding hydrogens is 663 g/mol. The van der Waals surface area contributed by atoms with Gasteiger partial charge in [0.2, 0.25) is 0 Å². The highest BCUT2D eigenvalue weighted by molar-refractivity contribution is 6.39. The lowest BCUT2D eigenvalue weighted by Gasteiger charge is -2.38. The number of benzene rings is 3. The second-order valence-electron chi connectivity index (χ2n) is 10.3. The van der Waals surface area contributed by atoms with Gasteiger partial charge in [0.05, 0.1) is 35.9 Å². The summed E-state index contributed by atoms with van der Waals surface area (Å²) < 4.78 is 94.5. The van der Waals surface area contributed by atoms with Crippen LogP contribution in [0.3, 0.4) is 0 Å². The van der Waals surface area contributed by atoms with Crippen molar-refractivity contribution in [2.24, 2.45) is 0 Å². The van der Waals surface area contributed by atoms with Gasteiger partial charge in [-0.25, -0.2) is 18.0 Å². The number of anilines is 1. The third kappa shape index (κ3) is 6.72. The number of ether oxygens (including phenoxy) is 2. The molecule has 1 aliphatic rings. The molecule has 0 aliphatic carbocycles. The van der Waals surface area contributed by atoms with E-state index in [1.807, 2.05) is 0 Å². The van der Waals surface area contributed by atoms with E-state index in [0.717, 1.165) is 24.1 Å². The molecule has 7 nitrogen and oxygen atoms in total. The van der Waals surface area contributed by atoms with Crippen molar-refractivity contribution in [1.29, 1.82) is 0 Å². The Kier molecular flexibility index (Phi) is 9.66. The van der Waals surface area contributed by atoms with Crippen molar-refractivity contribution in [2.75, 3.05) is 31.8 Å². The van der Waals surface area contributed by atoms with Crippen molar-refractivity contribution >= 4 is 51.7 Å². The number of carbonyl (C=O) groups excluding carboxylic acids is 2. The zero-order valence-electron chi connectivity index (χ0n) is 23.7. The van der Waals surface area contributed by atoms with E-state index in [0.29, 0.717) is 39.7 Å². The number of alkyl halides is 3. The quantitative estimate of drug-likeness (QED) is 0.168. The van der Waals surface area contributed by atoms with Gasteiger partial charge in [-0.1, -0.05) is 41.4 Å². The van der Waals surface area contributed by atoms with Crippen LogP contribution in [0.25, 0.3) is 22.0 Å². The third-order valence-corrected chi connectivity index (χ3v) is 8.03. The Bertz CT molecular complexity index is 1780. The summed E-state index contributed by atoms with van der Waals surface area (Å²) in [5.41, 5.74) is 0.0595. The molecule has 15 heteroatoms. The van der Waals surface area contributed by atoms with Crippen molar-refractivity contribution in [1.82, 2.24) is 10.3 Å². The molecule has 1 aromatic heterocycles. The van der Waals surface area contributed by atoms with Crippen LogP contribution in [-0.2, 0) is 20.7 Å². The number of amides is 1. The Morgan fingerprint density at radius 1 is 1.09 bits per heavy atom. The van der Waals surface area contributed by atoms with Gasteiger partial charge in [0.25, 0.3) is 5.91 Å². The van der Waals surface area contributed by atoms with E-state index in [1.165, 1.54) is 6.20 Å². The molecule has 1 saturated heterocycles. The lowest BCUT2D eigenvalue weighted by Crippen LogP contribution is -2.53. The minimum Gasteiger partial charge on any atom is -0.467 e. The van der Waals surface area contributed by atoms with Crippen molar-refractivity contribution in [3.63, 3.8) is 0 Å². The molecule has 242 valence electrons. The molecule has 1 amide bonds. The zero-order chi connectivity index (χ0) is 33.3. The molecule has 0 spiro atoms. The van der Waals surface area contributed by atoms with E-state index in [2.05, 4.69) is 10.3 Å². The van der Waals surface area contributed by atoms with Crippen LogP contribution in [0.1, 0.15) is 15.9 Å². The second-order valence-corrected chi connectivity index (χ2v) is 11.1. The summed E-state index contributed by atoms with van der Waals surface area (Å²) in [4.78, 5) is 31.0. The molecule has 2 heterocycles. The maximum Gasteiger partial charge on any atom is 0.411 e. The van der Waals surface area contributed by atoms with Crippen LogP contribution in [0.4, 0.5) is 32.0 Å². The first-order chi connectivity index (χ1) is 21.8. The van der Waals surface area contributed by atoms with Crippen LogP contribution in [-0.4, -0.2) is 62.0 Å². The Morgan fingerprint density at radius 2 is 1.76 bits per heavy atom. The van der Waals surface area contributed by atoms with Crippen LogP contribution in [0.5, 0.6) is 0 Å². The minimum atomic E-state index is -4.74.